The van der Waals surface area contributed by atoms with Crippen molar-refractivity contribution in [3.05, 3.63) is 42.9 Å². The van der Waals surface area contributed by atoms with Crippen molar-refractivity contribution in [2.45, 2.75) is 58.8 Å². The van der Waals surface area contributed by atoms with Crippen molar-refractivity contribution in [1.29, 1.82) is 0 Å². The van der Waals surface area contributed by atoms with Crippen molar-refractivity contribution in [3.8, 4) is 22.6 Å². The van der Waals surface area contributed by atoms with E-state index in [1.807, 2.05) is 29.3 Å². The second kappa shape index (κ2) is 10.2. The van der Waals surface area contributed by atoms with Gasteiger partial charge in [-0.2, -0.15) is 10.2 Å². The van der Waals surface area contributed by atoms with Gasteiger partial charge in [-0.05, 0) is 56.4 Å². The molecule has 6 heterocycles. The van der Waals surface area contributed by atoms with Crippen LogP contribution in [-0.4, -0.2) is 61.9 Å². The van der Waals surface area contributed by atoms with Crippen molar-refractivity contribution < 1.29 is 9.47 Å². The fourth-order valence-corrected chi connectivity index (χ4v) is 5.45. The molecular weight excluding hydrogens is 466 g/mol. The van der Waals surface area contributed by atoms with Gasteiger partial charge in [-0.1, -0.05) is 13.8 Å². The van der Waals surface area contributed by atoms with Gasteiger partial charge in [-0.25, -0.2) is 9.67 Å². The highest BCUT2D eigenvalue weighted by atomic mass is 16.5. The number of rotatable bonds is 6. The molecule has 6 rings (SSSR count). The first kappa shape index (κ1) is 24.1. The molecule has 4 aromatic heterocycles. The Morgan fingerprint density at radius 3 is 2.70 bits per heavy atom. The smallest absolute Gasteiger partial charge is 0.150 e. The van der Waals surface area contributed by atoms with Gasteiger partial charge in [0.15, 0.2) is 6.23 Å². The fourth-order valence-electron chi connectivity index (χ4n) is 5.45. The summed E-state index contributed by atoms with van der Waals surface area (Å²) < 4.78 is 15.9. The van der Waals surface area contributed by atoms with Crippen LogP contribution >= 0.6 is 0 Å². The lowest BCUT2D eigenvalue weighted by Crippen LogP contribution is -2.44. The van der Waals surface area contributed by atoms with E-state index in [0.717, 1.165) is 78.3 Å². The van der Waals surface area contributed by atoms with Crippen molar-refractivity contribution in [2.24, 2.45) is 5.92 Å². The van der Waals surface area contributed by atoms with Crippen LogP contribution < -0.4 is 4.90 Å². The molecule has 2 saturated heterocycles. The average Bonchev–Trinajstić information content (AvgIpc) is 3.58. The largest absolute Gasteiger partial charge is 0.377 e. The van der Waals surface area contributed by atoms with Crippen LogP contribution in [0, 0.1) is 5.92 Å². The van der Waals surface area contributed by atoms with E-state index in [4.69, 9.17) is 19.4 Å². The molecule has 2 atom stereocenters. The average molecular weight is 502 g/mol. The molecule has 37 heavy (non-hydrogen) atoms. The summed E-state index contributed by atoms with van der Waals surface area (Å²) in [6.07, 6.45) is 8.69. The van der Waals surface area contributed by atoms with Gasteiger partial charge in [-0.15, -0.1) is 0 Å². The predicted molar refractivity (Wildman–Crippen MR) is 143 cm³/mol. The summed E-state index contributed by atoms with van der Waals surface area (Å²) >= 11 is 0. The Morgan fingerprint density at radius 1 is 1.03 bits per heavy atom. The third-order valence-corrected chi connectivity index (χ3v) is 7.25. The molecule has 194 valence electrons. The van der Waals surface area contributed by atoms with Crippen LogP contribution in [-0.2, 0) is 16.0 Å². The first-order chi connectivity index (χ1) is 18.1. The van der Waals surface area contributed by atoms with Gasteiger partial charge in [0, 0.05) is 49.2 Å². The molecule has 9 nitrogen and oxygen atoms in total. The van der Waals surface area contributed by atoms with Gasteiger partial charge >= 0.3 is 0 Å². The number of fused-ring (bicyclic) bond motifs is 1. The highest BCUT2D eigenvalue weighted by molar-refractivity contribution is 6.01. The number of pyridine rings is 2. The summed E-state index contributed by atoms with van der Waals surface area (Å²) in [5, 5.41) is 10.4. The quantitative estimate of drug-likeness (QED) is 0.370. The molecule has 0 bridgehead atoms. The van der Waals surface area contributed by atoms with Crippen LogP contribution in [0.2, 0.25) is 0 Å². The molecule has 2 fully saturated rings. The van der Waals surface area contributed by atoms with Crippen molar-refractivity contribution >= 4 is 16.7 Å². The van der Waals surface area contributed by atoms with Gasteiger partial charge in [-0.3, -0.25) is 9.67 Å². The Bertz CT molecular complexity index is 1370. The molecule has 0 aromatic carbocycles. The molecule has 0 N–H and O–H groups in total. The molecule has 4 aromatic rings. The second-order valence-corrected chi connectivity index (χ2v) is 10.5. The van der Waals surface area contributed by atoms with Gasteiger partial charge in [0.1, 0.15) is 17.0 Å². The number of hydrogen-bond acceptors (Lipinski definition) is 7. The second-order valence-electron chi connectivity index (χ2n) is 10.5. The topological polar surface area (TPSA) is 83.1 Å². The Kier molecular flexibility index (Phi) is 6.65. The minimum atomic E-state index is -0.0785. The SMILES string of the molecule is CC(C)Cn1nccc1-c1cc(N2CCOCC2C)nc2c(-c3ccnn3C3CCCCO3)nccc12. The summed E-state index contributed by atoms with van der Waals surface area (Å²) in [6.45, 7) is 10.4. The predicted octanol–water partition coefficient (Wildman–Crippen LogP) is 4.94. The zero-order chi connectivity index (χ0) is 25.4. The standard InChI is InChI=1S/C28H35N7O2/c1-19(2)17-34-23(8-11-30-34)22-16-25(33-13-15-36-18-20(33)3)32-27-21(22)7-10-29-28(27)24-9-12-31-35(24)26-6-4-5-14-37-26/h7-12,16,19-20,26H,4-6,13-15,17-18H2,1-3H3. The molecule has 2 aliphatic rings. The van der Waals surface area contributed by atoms with E-state index in [1.165, 1.54) is 0 Å². The Hall–Kier alpha value is -3.30. The maximum Gasteiger partial charge on any atom is 0.150 e. The summed E-state index contributed by atoms with van der Waals surface area (Å²) in [6, 6.07) is 8.63. The number of aromatic nitrogens is 6. The van der Waals surface area contributed by atoms with Gasteiger partial charge < -0.3 is 14.4 Å². The molecule has 0 spiro atoms. The lowest BCUT2D eigenvalue weighted by Gasteiger charge is -2.34. The molecule has 0 aliphatic carbocycles. The normalized spacial score (nSPS) is 20.7. The van der Waals surface area contributed by atoms with Crippen LogP contribution in [0.3, 0.4) is 0 Å². The van der Waals surface area contributed by atoms with Crippen molar-refractivity contribution in [3.63, 3.8) is 0 Å². The maximum atomic E-state index is 6.08. The summed E-state index contributed by atoms with van der Waals surface area (Å²) in [5.74, 6) is 1.41. The lowest BCUT2D eigenvalue weighted by molar-refractivity contribution is -0.0383. The van der Waals surface area contributed by atoms with E-state index in [-0.39, 0.29) is 12.3 Å². The zero-order valence-corrected chi connectivity index (χ0v) is 21.9. The first-order valence-electron chi connectivity index (χ1n) is 13.4. The van der Waals surface area contributed by atoms with E-state index in [2.05, 4.69) is 58.7 Å². The maximum absolute atomic E-state index is 6.08. The number of anilines is 1. The Morgan fingerprint density at radius 2 is 1.89 bits per heavy atom. The van der Waals surface area contributed by atoms with Crippen LogP contribution in [0.5, 0.6) is 0 Å². The highest BCUT2D eigenvalue weighted by Gasteiger charge is 2.26. The summed E-state index contributed by atoms with van der Waals surface area (Å²) in [5.41, 5.74) is 4.82. The van der Waals surface area contributed by atoms with E-state index in [9.17, 15) is 0 Å². The van der Waals surface area contributed by atoms with Crippen LogP contribution in [0.25, 0.3) is 33.5 Å². The number of morpholine rings is 1. The number of hydrogen-bond donors (Lipinski definition) is 0. The number of nitrogens with zero attached hydrogens (tertiary/aromatic N) is 7. The molecule has 9 heteroatoms. The Balaban J connectivity index is 1.56. The van der Waals surface area contributed by atoms with Crippen LogP contribution in [0.1, 0.15) is 46.3 Å². The van der Waals surface area contributed by atoms with E-state index in [1.54, 1.807) is 0 Å². The molecule has 0 saturated carbocycles. The highest BCUT2D eigenvalue weighted by Crippen LogP contribution is 2.37. The van der Waals surface area contributed by atoms with Crippen LogP contribution in [0.15, 0.2) is 42.9 Å². The van der Waals surface area contributed by atoms with Gasteiger partial charge in [0.2, 0.25) is 0 Å². The minimum Gasteiger partial charge on any atom is -0.377 e. The fraction of sp³-hybridized carbons (Fsp3) is 0.500. The van der Waals surface area contributed by atoms with Crippen molar-refractivity contribution in [2.75, 3.05) is 31.3 Å². The first-order valence-corrected chi connectivity index (χ1v) is 13.4. The van der Waals surface area contributed by atoms with Gasteiger partial charge in [0.05, 0.1) is 30.6 Å². The summed E-state index contributed by atoms with van der Waals surface area (Å²) in [4.78, 5) is 12.4. The molecule has 2 unspecified atom stereocenters. The Labute approximate surface area is 217 Å². The van der Waals surface area contributed by atoms with Crippen LogP contribution in [0.4, 0.5) is 5.82 Å². The monoisotopic (exact) mass is 501 g/mol. The minimum absolute atomic E-state index is 0.0785. The molecule has 2 aliphatic heterocycles. The lowest BCUT2D eigenvalue weighted by atomic mass is 10.0. The van der Waals surface area contributed by atoms with E-state index < -0.39 is 0 Å². The van der Waals surface area contributed by atoms with E-state index >= 15 is 0 Å². The third kappa shape index (κ3) is 4.62. The third-order valence-electron chi connectivity index (χ3n) is 7.25. The van der Waals surface area contributed by atoms with Crippen molar-refractivity contribution in [1.82, 2.24) is 29.5 Å². The molecular formula is C28H35N7O2. The zero-order valence-electron chi connectivity index (χ0n) is 21.9. The van der Waals surface area contributed by atoms with Gasteiger partial charge in [0.25, 0.3) is 0 Å². The number of ether oxygens (including phenoxy) is 2. The summed E-state index contributed by atoms with van der Waals surface area (Å²) in [7, 11) is 0. The van der Waals surface area contributed by atoms with E-state index in [0.29, 0.717) is 19.1 Å². The molecule has 0 radical (unpaired) electrons. The molecule has 0 amide bonds.